The van der Waals surface area contributed by atoms with E-state index in [2.05, 4.69) is 12.1 Å². The molecule has 2 aromatic carbocycles. The molecule has 1 atom stereocenters. The van der Waals surface area contributed by atoms with Gasteiger partial charge in [-0.25, -0.2) is 0 Å². The van der Waals surface area contributed by atoms with Gasteiger partial charge in [0, 0.05) is 19.4 Å². The highest BCUT2D eigenvalue weighted by Crippen LogP contribution is 2.19. The van der Waals surface area contributed by atoms with Crippen LogP contribution in [0.2, 0.25) is 0 Å². The molecule has 0 aliphatic rings. The zero-order valence-electron chi connectivity index (χ0n) is 11.8. The molecule has 2 nitrogen and oxygen atoms in total. The second-order valence-electron chi connectivity index (χ2n) is 5.27. The number of carbonyl (C=O) groups excluding carboxylic acids is 1. The van der Waals surface area contributed by atoms with Crippen LogP contribution in [0.1, 0.15) is 18.9 Å². The Bertz CT molecular complexity index is 543. The first-order chi connectivity index (χ1) is 9.69. The van der Waals surface area contributed by atoms with Gasteiger partial charge in [0.2, 0.25) is 0 Å². The summed E-state index contributed by atoms with van der Waals surface area (Å²) in [5.41, 5.74) is 3.37. The molecule has 2 aromatic rings. The van der Waals surface area contributed by atoms with Crippen molar-refractivity contribution in [1.29, 1.82) is 0 Å². The van der Waals surface area contributed by atoms with E-state index in [0.717, 1.165) is 11.1 Å². The third kappa shape index (κ3) is 4.04. The highest BCUT2D eigenvalue weighted by molar-refractivity contribution is 5.81. The van der Waals surface area contributed by atoms with Crippen molar-refractivity contribution in [2.45, 2.75) is 19.8 Å². The van der Waals surface area contributed by atoms with Gasteiger partial charge in [0.25, 0.3) is 0 Å². The number of Topliss-reactive ketones (excluding diaryl/α,β-unsaturated/α-hetero) is 1. The lowest BCUT2D eigenvalue weighted by molar-refractivity contribution is -0.119. The van der Waals surface area contributed by atoms with E-state index in [1.165, 1.54) is 5.56 Å². The zero-order chi connectivity index (χ0) is 14.4. The van der Waals surface area contributed by atoms with Crippen molar-refractivity contribution in [3.8, 4) is 11.1 Å². The number of aliphatic hydroxyl groups is 1. The molecule has 1 N–H and O–H groups in total. The number of hydrogen-bond acceptors (Lipinski definition) is 2. The zero-order valence-corrected chi connectivity index (χ0v) is 11.8. The van der Waals surface area contributed by atoms with Crippen molar-refractivity contribution < 1.29 is 9.90 Å². The topological polar surface area (TPSA) is 37.3 Å². The van der Waals surface area contributed by atoms with Crippen LogP contribution in [0.15, 0.2) is 54.6 Å². The Morgan fingerprint density at radius 1 is 1.00 bits per heavy atom. The molecule has 2 rings (SSSR count). The van der Waals surface area contributed by atoms with Gasteiger partial charge in [0.05, 0.1) is 0 Å². The maximum atomic E-state index is 11.8. The molecular formula is C18H20O2. The fraction of sp³-hybridized carbons (Fsp3) is 0.278. The second kappa shape index (κ2) is 7.01. The molecule has 0 heterocycles. The molecule has 0 spiro atoms. The summed E-state index contributed by atoms with van der Waals surface area (Å²) in [5.74, 6) is 0.227. The smallest absolute Gasteiger partial charge is 0.137 e. The Morgan fingerprint density at radius 3 is 2.20 bits per heavy atom. The minimum atomic E-state index is 0.0473. The summed E-state index contributed by atoms with van der Waals surface area (Å²) >= 11 is 0. The molecule has 0 aromatic heterocycles. The van der Waals surface area contributed by atoms with E-state index in [9.17, 15) is 4.79 Å². The molecule has 0 fully saturated rings. The summed E-state index contributed by atoms with van der Waals surface area (Å²) in [5, 5.41) is 8.96. The quantitative estimate of drug-likeness (QED) is 0.870. The maximum Gasteiger partial charge on any atom is 0.137 e. The van der Waals surface area contributed by atoms with Crippen LogP contribution < -0.4 is 0 Å². The van der Waals surface area contributed by atoms with Crippen molar-refractivity contribution in [2.24, 2.45) is 5.92 Å². The number of rotatable bonds is 6. The van der Waals surface area contributed by atoms with Crippen LogP contribution in [0.4, 0.5) is 0 Å². The molecule has 0 aliphatic carbocycles. The maximum absolute atomic E-state index is 11.8. The Balaban J connectivity index is 2.00. The lowest BCUT2D eigenvalue weighted by Crippen LogP contribution is -2.11. The largest absolute Gasteiger partial charge is 0.396 e. The highest BCUT2D eigenvalue weighted by atomic mass is 16.3. The third-order valence-corrected chi connectivity index (χ3v) is 3.35. The summed E-state index contributed by atoms with van der Waals surface area (Å²) in [4.78, 5) is 11.8. The van der Waals surface area contributed by atoms with Gasteiger partial charge in [-0.15, -0.1) is 0 Å². The first-order valence-corrected chi connectivity index (χ1v) is 6.96. The number of carbonyl (C=O) groups is 1. The fourth-order valence-electron chi connectivity index (χ4n) is 2.20. The predicted molar refractivity (Wildman–Crippen MR) is 81.5 cm³/mol. The number of hydrogen-bond donors (Lipinski definition) is 1. The minimum absolute atomic E-state index is 0.0473. The van der Waals surface area contributed by atoms with Crippen molar-refractivity contribution in [1.82, 2.24) is 0 Å². The average molecular weight is 268 g/mol. The summed E-state index contributed by atoms with van der Waals surface area (Å²) in [6, 6.07) is 18.3. The lowest BCUT2D eigenvalue weighted by Gasteiger charge is -2.07. The molecule has 0 amide bonds. The highest BCUT2D eigenvalue weighted by Gasteiger charge is 2.09. The Morgan fingerprint density at radius 2 is 1.60 bits per heavy atom. The van der Waals surface area contributed by atoms with Gasteiger partial charge in [0.15, 0.2) is 0 Å². The standard InChI is InChI=1S/C18H20O2/c1-14(13-19)11-18(20)12-15-7-9-17(10-8-15)16-5-3-2-4-6-16/h2-10,14,19H,11-13H2,1H3/t14-/m1/s1. The van der Waals surface area contributed by atoms with Crippen LogP contribution >= 0.6 is 0 Å². The summed E-state index contributed by atoms with van der Waals surface area (Å²) < 4.78 is 0. The van der Waals surface area contributed by atoms with Crippen LogP contribution in [0.25, 0.3) is 11.1 Å². The first kappa shape index (κ1) is 14.5. The third-order valence-electron chi connectivity index (χ3n) is 3.35. The molecule has 0 saturated carbocycles. The molecule has 0 aliphatic heterocycles. The Kier molecular flexibility index (Phi) is 5.08. The van der Waals surface area contributed by atoms with E-state index >= 15 is 0 Å². The fourth-order valence-corrected chi connectivity index (χ4v) is 2.20. The predicted octanol–water partition coefficient (Wildman–Crippen LogP) is 3.48. The molecule has 0 bridgehead atoms. The van der Waals surface area contributed by atoms with Crippen molar-refractivity contribution >= 4 is 5.78 Å². The van der Waals surface area contributed by atoms with Crippen molar-refractivity contribution in [2.75, 3.05) is 6.61 Å². The molecule has 20 heavy (non-hydrogen) atoms. The van der Waals surface area contributed by atoms with Gasteiger partial charge >= 0.3 is 0 Å². The number of benzene rings is 2. The molecule has 0 saturated heterocycles. The molecular weight excluding hydrogens is 248 g/mol. The van der Waals surface area contributed by atoms with Crippen LogP contribution in [0.3, 0.4) is 0 Å². The molecule has 0 unspecified atom stereocenters. The van der Waals surface area contributed by atoms with Crippen LogP contribution in [0, 0.1) is 5.92 Å². The molecule has 0 radical (unpaired) electrons. The van der Waals surface area contributed by atoms with Gasteiger partial charge in [0.1, 0.15) is 5.78 Å². The average Bonchev–Trinajstić information content (AvgIpc) is 2.48. The van der Waals surface area contributed by atoms with Gasteiger partial charge in [-0.05, 0) is 22.6 Å². The van der Waals surface area contributed by atoms with E-state index in [4.69, 9.17) is 5.11 Å². The summed E-state index contributed by atoms with van der Waals surface area (Å²) in [6.07, 6.45) is 0.885. The Labute approximate surface area is 120 Å². The van der Waals surface area contributed by atoms with Crippen molar-refractivity contribution in [3.63, 3.8) is 0 Å². The van der Waals surface area contributed by atoms with Gasteiger partial charge in [-0.1, -0.05) is 61.5 Å². The van der Waals surface area contributed by atoms with E-state index in [-0.39, 0.29) is 18.3 Å². The second-order valence-corrected chi connectivity index (χ2v) is 5.27. The van der Waals surface area contributed by atoms with Crippen LogP contribution in [0.5, 0.6) is 0 Å². The van der Waals surface area contributed by atoms with E-state index in [0.29, 0.717) is 12.8 Å². The molecule has 2 heteroatoms. The van der Waals surface area contributed by atoms with Crippen LogP contribution in [-0.2, 0) is 11.2 Å². The van der Waals surface area contributed by atoms with Gasteiger partial charge < -0.3 is 5.11 Å². The minimum Gasteiger partial charge on any atom is -0.396 e. The van der Waals surface area contributed by atoms with Crippen molar-refractivity contribution in [3.05, 3.63) is 60.2 Å². The monoisotopic (exact) mass is 268 g/mol. The summed E-state index contributed by atoms with van der Waals surface area (Å²) in [6.45, 7) is 1.95. The first-order valence-electron chi connectivity index (χ1n) is 6.96. The number of aliphatic hydroxyl groups excluding tert-OH is 1. The Hall–Kier alpha value is -1.93. The number of ketones is 1. The van der Waals surface area contributed by atoms with E-state index < -0.39 is 0 Å². The summed E-state index contributed by atoms with van der Waals surface area (Å²) in [7, 11) is 0. The van der Waals surface area contributed by atoms with E-state index in [1.54, 1.807) is 0 Å². The van der Waals surface area contributed by atoms with Gasteiger partial charge in [-0.2, -0.15) is 0 Å². The van der Waals surface area contributed by atoms with Gasteiger partial charge in [-0.3, -0.25) is 4.79 Å². The van der Waals surface area contributed by atoms with E-state index in [1.807, 2.05) is 49.4 Å². The molecule has 104 valence electrons. The SMILES string of the molecule is C[C@@H](CO)CC(=O)Cc1ccc(-c2ccccc2)cc1. The van der Waals surface area contributed by atoms with Crippen LogP contribution in [-0.4, -0.2) is 17.5 Å². The normalized spacial score (nSPS) is 12.1. The lowest BCUT2D eigenvalue weighted by atomic mass is 9.98.